The van der Waals surface area contributed by atoms with Gasteiger partial charge in [0.1, 0.15) is 0 Å². The van der Waals surface area contributed by atoms with E-state index in [2.05, 4.69) is 5.16 Å². The monoisotopic (exact) mass is 410 g/mol. The van der Waals surface area contributed by atoms with Crippen LogP contribution in [0.4, 0.5) is 0 Å². The molecule has 3 aromatic rings. The molecule has 4 rings (SSSR count). The van der Waals surface area contributed by atoms with Crippen molar-refractivity contribution in [2.24, 2.45) is 0 Å². The van der Waals surface area contributed by atoms with E-state index in [0.717, 1.165) is 16.7 Å². The number of hydrogen-bond donors (Lipinski definition) is 0. The van der Waals surface area contributed by atoms with Gasteiger partial charge in [-0.1, -0.05) is 65.3 Å². The van der Waals surface area contributed by atoms with E-state index < -0.39 is 9.84 Å². The minimum Gasteiger partial charge on any atom is -0.355 e. The van der Waals surface area contributed by atoms with Gasteiger partial charge in [0.2, 0.25) is 0 Å². The molecule has 0 spiro atoms. The number of carbonyl (C=O) groups excluding carboxylic acids is 1. The molecule has 150 valence electrons. The van der Waals surface area contributed by atoms with Crippen LogP contribution in [-0.4, -0.2) is 41.9 Å². The molecule has 0 bridgehead atoms. The van der Waals surface area contributed by atoms with E-state index in [-0.39, 0.29) is 29.1 Å². The molecule has 0 unspecified atom stereocenters. The van der Waals surface area contributed by atoms with E-state index in [1.807, 2.05) is 61.5 Å². The average molecular weight is 410 g/mol. The number of benzene rings is 2. The van der Waals surface area contributed by atoms with Crippen molar-refractivity contribution in [3.63, 3.8) is 0 Å². The Morgan fingerprint density at radius 1 is 1.14 bits per heavy atom. The Hall–Kier alpha value is -2.93. The molecule has 1 amide bonds. The summed E-state index contributed by atoms with van der Waals surface area (Å²) >= 11 is 0. The first-order valence-corrected chi connectivity index (χ1v) is 11.3. The fourth-order valence-corrected chi connectivity index (χ4v) is 5.27. The molecule has 2 aromatic carbocycles. The Morgan fingerprint density at radius 2 is 1.86 bits per heavy atom. The van der Waals surface area contributed by atoms with E-state index in [9.17, 15) is 13.2 Å². The van der Waals surface area contributed by atoms with Crippen LogP contribution in [0.25, 0.3) is 11.3 Å². The second kappa shape index (κ2) is 7.83. The number of aromatic nitrogens is 1. The minimum atomic E-state index is -3.13. The van der Waals surface area contributed by atoms with Crippen LogP contribution in [-0.2, 0) is 16.4 Å². The molecule has 29 heavy (non-hydrogen) atoms. The molecule has 7 heteroatoms. The van der Waals surface area contributed by atoms with Crippen molar-refractivity contribution in [2.75, 3.05) is 11.5 Å². The standard InChI is InChI=1S/C22H22N2O4S/c1-16-7-9-17(10-8-16)14-24(19-11-12-29(26,27)15-19)22(25)20-13-21(28-23-20)18-5-3-2-4-6-18/h2-10,13,19H,11-12,14-15H2,1H3/t19-/m1/s1. The smallest absolute Gasteiger partial charge is 0.276 e. The number of carbonyl (C=O) groups is 1. The Labute approximate surface area is 170 Å². The number of nitrogens with zero attached hydrogens (tertiary/aromatic N) is 2. The lowest BCUT2D eigenvalue weighted by Crippen LogP contribution is -2.40. The van der Waals surface area contributed by atoms with Gasteiger partial charge in [-0.15, -0.1) is 0 Å². The van der Waals surface area contributed by atoms with Gasteiger partial charge in [0.05, 0.1) is 11.5 Å². The summed E-state index contributed by atoms with van der Waals surface area (Å²) in [4.78, 5) is 14.9. The topological polar surface area (TPSA) is 80.5 Å². The normalized spacial score (nSPS) is 17.9. The van der Waals surface area contributed by atoms with E-state index in [4.69, 9.17) is 4.52 Å². The SMILES string of the molecule is Cc1ccc(CN(C(=O)c2cc(-c3ccccc3)on2)[C@@H]2CCS(=O)(=O)C2)cc1. The molecule has 0 N–H and O–H groups in total. The van der Waals surface area contributed by atoms with Crippen molar-refractivity contribution >= 4 is 15.7 Å². The molecule has 1 aliphatic rings. The summed E-state index contributed by atoms with van der Waals surface area (Å²) in [6.07, 6.45) is 0.434. The third-order valence-electron chi connectivity index (χ3n) is 5.17. The predicted octanol–water partition coefficient (Wildman–Crippen LogP) is 3.48. The predicted molar refractivity (Wildman–Crippen MR) is 110 cm³/mol. The highest BCUT2D eigenvalue weighted by Crippen LogP contribution is 2.25. The Bertz CT molecular complexity index is 1110. The molecule has 1 saturated heterocycles. The lowest BCUT2D eigenvalue weighted by Gasteiger charge is -2.27. The first-order chi connectivity index (χ1) is 13.9. The summed E-state index contributed by atoms with van der Waals surface area (Å²) in [5, 5.41) is 3.96. The van der Waals surface area contributed by atoms with Gasteiger partial charge in [-0.05, 0) is 18.9 Å². The lowest BCUT2D eigenvalue weighted by atomic mass is 10.1. The lowest BCUT2D eigenvalue weighted by molar-refractivity contribution is 0.0670. The zero-order valence-electron chi connectivity index (χ0n) is 16.1. The fourth-order valence-electron chi connectivity index (χ4n) is 3.54. The molecule has 0 radical (unpaired) electrons. The van der Waals surface area contributed by atoms with Gasteiger partial charge in [-0.3, -0.25) is 4.79 Å². The number of sulfone groups is 1. The zero-order chi connectivity index (χ0) is 20.4. The minimum absolute atomic E-state index is 0.0198. The zero-order valence-corrected chi connectivity index (χ0v) is 16.9. The van der Waals surface area contributed by atoms with Gasteiger partial charge < -0.3 is 9.42 Å². The van der Waals surface area contributed by atoms with E-state index in [1.165, 1.54) is 0 Å². The molecular formula is C22H22N2O4S. The highest BCUT2D eigenvalue weighted by atomic mass is 32.2. The van der Waals surface area contributed by atoms with Gasteiger partial charge in [0.15, 0.2) is 21.3 Å². The van der Waals surface area contributed by atoms with Gasteiger partial charge in [0.25, 0.3) is 5.91 Å². The molecule has 0 aliphatic carbocycles. The van der Waals surface area contributed by atoms with Crippen LogP contribution in [0.2, 0.25) is 0 Å². The van der Waals surface area contributed by atoms with E-state index in [1.54, 1.807) is 11.0 Å². The molecular weight excluding hydrogens is 388 g/mol. The summed E-state index contributed by atoms with van der Waals surface area (Å²) in [5.74, 6) is 0.263. The molecule has 1 fully saturated rings. The van der Waals surface area contributed by atoms with Crippen molar-refractivity contribution in [2.45, 2.75) is 25.9 Å². The highest BCUT2D eigenvalue weighted by molar-refractivity contribution is 7.91. The second-order valence-corrected chi connectivity index (χ2v) is 9.65. The van der Waals surface area contributed by atoms with Crippen LogP contribution >= 0.6 is 0 Å². The molecule has 6 nitrogen and oxygen atoms in total. The highest BCUT2D eigenvalue weighted by Gasteiger charge is 2.36. The molecule has 1 aromatic heterocycles. The Kier molecular flexibility index (Phi) is 5.24. The van der Waals surface area contributed by atoms with E-state index >= 15 is 0 Å². The van der Waals surface area contributed by atoms with Gasteiger partial charge >= 0.3 is 0 Å². The number of aryl methyl sites for hydroxylation is 1. The van der Waals surface area contributed by atoms with Crippen molar-refractivity contribution in [3.05, 3.63) is 77.5 Å². The number of hydrogen-bond acceptors (Lipinski definition) is 5. The molecule has 1 aliphatic heterocycles. The van der Waals surface area contributed by atoms with Gasteiger partial charge in [-0.25, -0.2) is 8.42 Å². The maximum Gasteiger partial charge on any atom is 0.276 e. The summed E-state index contributed by atoms with van der Waals surface area (Å²) in [7, 11) is -3.13. The van der Waals surface area contributed by atoms with Crippen molar-refractivity contribution in [3.8, 4) is 11.3 Å². The van der Waals surface area contributed by atoms with Crippen LogP contribution in [0.1, 0.15) is 28.0 Å². The van der Waals surface area contributed by atoms with Gasteiger partial charge in [-0.2, -0.15) is 0 Å². The third kappa shape index (κ3) is 4.40. The number of rotatable bonds is 5. The maximum absolute atomic E-state index is 13.3. The van der Waals surface area contributed by atoms with Crippen LogP contribution < -0.4 is 0 Å². The Morgan fingerprint density at radius 3 is 2.52 bits per heavy atom. The van der Waals surface area contributed by atoms with Crippen LogP contribution in [0.3, 0.4) is 0 Å². The second-order valence-electron chi connectivity index (χ2n) is 7.42. The first kappa shape index (κ1) is 19.4. The summed E-state index contributed by atoms with van der Waals surface area (Å²) in [6, 6.07) is 18.5. The first-order valence-electron chi connectivity index (χ1n) is 9.50. The fraction of sp³-hybridized carbons (Fsp3) is 0.273. The van der Waals surface area contributed by atoms with Crippen LogP contribution in [0.15, 0.2) is 65.2 Å². The summed E-state index contributed by atoms with van der Waals surface area (Å²) in [6.45, 7) is 2.32. The van der Waals surface area contributed by atoms with Crippen LogP contribution in [0.5, 0.6) is 0 Å². The average Bonchev–Trinajstić information content (AvgIpc) is 3.34. The summed E-state index contributed by atoms with van der Waals surface area (Å²) in [5.41, 5.74) is 3.08. The van der Waals surface area contributed by atoms with Crippen molar-refractivity contribution in [1.29, 1.82) is 0 Å². The molecule has 1 atom stereocenters. The third-order valence-corrected chi connectivity index (χ3v) is 6.92. The van der Waals surface area contributed by atoms with Crippen LogP contribution in [0, 0.1) is 6.92 Å². The molecule has 0 saturated carbocycles. The van der Waals surface area contributed by atoms with Gasteiger partial charge in [0, 0.05) is 24.2 Å². The number of amides is 1. The summed E-state index contributed by atoms with van der Waals surface area (Å²) < 4.78 is 29.4. The van der Waals surface area contributed by atoms with E-state index in [0.29, 0.717) is 18.7 Å². The quantitative estimate of drug-likeness (QED) is 0.643. The van der Waals surface area contributed by atoms with Crippen molar-refractivity contribution < 1.29 is 17.7 Å². The molecule has 2 heterocycles. The van der Waals surface area contributed by atoms with Crippen molar-refractivity contribution in [1.82, 2.24) is 10.1 Å². The Balaban J connectivity index is 1.62. The maximum atomic E-state index is 13.3. The largest absolute Gasteiger partial charge is 0.355 e.